The first-order chi connectivity index (χ1) is 9.75. The van der Waals surface area contributed by atoms with E-state index >= 15 is 0 Å². The van der Waals surface area contributed by atoms with E-state index in [-0.39, 0.29) is 0 Å². The molecule has 0 aromatic heterocycles. The molecule has 116 valence electrons. The van der Waals surface area contributed by atoms with Crippen molar-refractivity contribution >= 4 is 11.7 Å². The van der Waals surface area contributed by atoms with Crippen LogP contribution in [0, 0.1) is 0 Å². The van der Waals surface area contributed by atoms with Crippen LogP contribution in [-0.4, -0.2) is 37.4 Å². The highest BCUT2D eigenvalue weighted by Crippen LogP contribution is 2.45. The fraction of sp³-hybridized carbons (Fsp3) is 0.500. The van der Waals surface area contributed by atoms with Crippen molar-refractivity contribution in [2.75, 3.05) is 12.0 Å². The fourth-order valence-electron chi connectivity index (χ4n) is 2.19. The number of hydrogen-bond donors (Lipinski definition) is 0. The zero-order valence-electron chi connectivity index (χ0n) is 11.8. The summed E-state index contributed by atoms with van der Waals surface area (Å²) in [5.41, 5.74) is 0.309. The zero-order chi connectivity index (χ0) is 15.8. The summed E-state index contributed by atoms with van der Waals surface area (Å²) in [7, 11) is 1.47. The Labute approximate surface area is 120 Å². The molecule has 0 N–H and O–H groups in total. The lowest BCUT2D eigenvalue weighted by Crippen LogP contribution is -2.25. The molecule has 1 aromatic carbocycles. The molecule has 21 heavy (non-hydrogen) atoms. The summed E-state index contributed by atoms with van der Waals surface area (Å²) in [5.74, 6) is -0.325. The number of hydrogen-bond acceptors (Lipinski definition) is 4. The molecule has 0 spiro atoms. The first kappa shape index (κ1) is 15.5. The molecule has 1 aromatic rings. The van der Waals surface area contributed by atoms with E-state index in [2.05, 4.69) is 0 Å². The van der Waals surface area contributed by atoms with Crippen LogP contribution in [0.15, 0.2) is 24.3 Å². The lowest BCUT2D eigenvalue weighted by Gasteiger charge is -2.09. The Balaban J connectivity index is 2.21. The normalized spacial score (nSPS) is 21.4. The van der Waals surface area contributed by atoms with Crippen LogP contribution in [0.25, 0.3) is 0 Å². The molecule has 0 bridgehead atoms. The highest BCUT2D eigenvalue weighted by atomic mass is 19.4. The minimum absolute atomic E-state index is 0.309. The molecular formula is C14H16F3NO3. The third-order valence-electron chi connectivity index (χ3n) is 3.11. The van der Waals surface area contributed by atoms with E-state index in [0.717, 1.165) is 4.90 Å². The Kier molecular flexibility index (Phi) is 4.02. The summed E-state index contributed by atoms with van der Waals surface area (Å²) in [6.45, 7) is 3.20. The van der Waals surface area contributed by atoms with Crippen LogP contribution in [0.4, 0.5) is 18.9 Å². The number of anilines is 1. The van der Waals surface area contributed by atoms with Gasteiger partial charge in [0.25, 0.3) is 0 Å². The van der Waals surface area contributed by atoms with Gasteiger partial charge in [-0.3, -0.25) is 0 Å². The fourth-order valence-corrected chi connectivity index (χ4v) is 2.19. The van der Waals surface area contributed by atoms with E-state index in [9.17, 15) is 18.0 Å². The maximum Gasteiger partial charge on any atom is 0.411 e. The van der Waals surface area contributed by atoms with Crippen LogP contribution in [0.3, 0.4) is 0 Å². The number of carbonyl (C=O) groups is 1. The average Bonchev–Trinajstić information content (AvgIpc) is 3.13. The molecule has 2 rings (SSSR count). The monoisotopic (exact) mass is 303 g/mol. The number of alkyl halides is 3. The molecule has 0 aliphatic carbocycles. The van der Waals surface area contributed by atoms with Crippen molar-refractivity contribution in [2.24, 2.45) is 0 Å². The number of esters is 1. The smallest absolute Gasteiger partial charge is 0.411 e. The summed E-state index contributed by atoms with van der Waals surface area (Å²) < 4.78 is 48.8. The van der Waals surface area contributed by atoms with Crippen LogP contribution < -0.4 is 9.64 Å². The molecule has 2 atom stereocenters. The Morgan fingerprint density at radius 2 is 1.81 bits per heavy atom. The van der Waals surface area contributed by atoms with E-state index in [1.54, 1.807) is 26.0 Å². The van der Waals surface area contributed by atoms with Crippen molar-refractivity contribution in [2.45, 2.75) is 38.2 Å². The van der Waals surface area contributed by atoms with Gasteiger partial charge in [-0.15, -0.1) is 0 Å². The summed E-state index contributed by atoms with van der Waals surface area (Å²) in [6, 6.07) is 2.91. The zero-order valence-corrected chi connectivity index (χ0v) is 11.8. The molecule has 1 saturated heterocycles. The molecule has 0 radical (unpaired) electrons. The summed E-state index contributed by atoms with van der Waals surface area (Å²) in [5, 5.41) is 0. The number of ether oxygens (including phenoxy) is 2. The number of halogens is 3. The van der Waals surface area contributed by atoms with E-state index in [4.69, 9.17) is 9.47 Å². The molecule has 0 unspecified atom stereocenters. The maximum atomic E-state index is 13.0. The average molecular weight is 303 g/mol. The quantitative estimate of drug-likeness (QED) is 0.633. The predicted octanol–water partition coefficient (Wildman–Crippen LogP) is 2.77. The maximum absolute atomic E-state index is 13.0. The molecule has 1 fully saturated rings. The second-order valence-electron chi connectivity index (χ2n) is 5.02. The second-order valence-corrected chi connectivity index (χ2v) is 5.02. The van der Waals surface area contributed by atoms with Gasteiger partial charge in [0.05, 0.1) is 13.2 Å². The van der Waals surface area contributed by atoms with Gasteiger partial charge in [0.2, 0.25) is 0 Å². The third-order valence-corrected chi connectivity index (χ3v) is 3.11. The van der Waals surface area contributed by atoms with Gasteiger partial charge in [0.1, 0.15) is 5.75 Å². The lowest BCUT2D eigenvalue weighted by atomic mass is 10.3. The SMILES string of the molecule is COc1ccc(N2[C@H](C(=O)OC(C)C)[C@@H]2C(F)(F)F)cc1. The molecule has 1 heterocycles. The molecule has 0 saturated carbocycles. The molecular weight excluding hydrogens is 287 g/mol. The van der Waals surface area contributed by atoms with Crippen molar-refractivity contribution in [3.05, 3.63) is 24.3 Å². The van der Waals surface area contributed by atoms with Crippen molar-refractivity contribution in [3.8, 4) is 5.75 Å². The van der Waals surface area contributed by atoms with Gasteiger partial charge in [0.15, 0.2) is 12.1 Å². The number of carbonyl (C=O) groups excluding carboxylic acids is 1. The Bertz CT molecular complexity index is 513. The minimum atomic E-state index is -4.49. The van der Waals surface area contributed by atoms with Gasteiger partial charge in [-0.05, 0) is 38.1 Å². The lowest BCUT2D eigenvalue weighted by molar-refractivity contribution is -0.152. The van der Waals surface area contributed by atoms with Crippen molar-refractivity contribution in [1.29, 1.82) is 0 Å². The van der Waals surface area contributed by atoms with E-state index in [1.807, 2.05) is 0 Å². The molecule has 1 aliphatic rings. The van der Waals surface area contributed by atoms with Crippen LogP contribution >= 0.6 is 0 Å². The first-order valence-corrected chi connectivity index (χ1v) is 6.45. The van der Waals surface area contributed by atoms with Gasteiger partial charge < -0.3 is 14.4 Å². The molecule has 1 aliphatic heterocycles. The Hall–Kier alpha value is -1.92. The highest BCUT2D eigenvalue weighted by molar-refractivity contribution is 5.88. The first-order valence-electron chi connectivity index (χ1n) is 6.45. The van der Waals surface area contributed by atoms with Gasteiger partial charge >= 0.3 is 12.1 Å². The van der Waals surface area contributed by atoms with Crippen molar-refractivity contribution in [3.63, 3.8) is 0 Å². The standard InChI is InChI=1S/C14H16F3NO3/c1-8(2)21-13(19)11-12(14(15,16)17)18(11)9-4-6-10(20-3)7-5-9/h4-8,11-12H,1-3H3/t11-,12+,18?/m0/s1. The Morgan fingerprint density at radius 1 is 1.24 bits per heavy atom. The number of methoxy groups -OCH3 is 1. The van der Waals surface area contributed by atoms with Crippen LogP contribution in [0.1, 0.15) is 13.8 Å². The van der Waals surface area contributed by atoms with Gasteiger partial charge in [-0.2, -0.15) is 13.2 Å². The van der Waals surface area contributed by atoms with E-state index in [1.165, 1.54) is 19.2 Å². The molecule has 0 amide bonds. The third kappa shape index (κ3) is 3.22. The summed E-state index contributed by atoms with van der Waals surface area (Å²) in [6.07, 6.45) is -4.94. The topological polar surface area (TPSA) is 38.5 Å². The second kappa shape index (κ2) is 5.46. The number of nitrogens with zero attached hydrogens (tertiary/aromatic N) is 1. The van der Waals surface area contributed by atoms with E-state index in [0.29, 0.717) is 11.4 Å². The van der Waals surface area contributed by atoms with Crippen LogP contribution in [-0.2, 0) is 9.53 Å². The molecule has 4 nitrogen and oxygen atoms in total. The molecule has 7 heteroatoms. The number of benzene rings is 1. The van der Waals surface area contributed by atoms with Crippen molar-refractivity contribution in [1.82, 2.24) is 0 Å². The number of rotatable bonds is 4. The summed E-state index contributed by atoms with van der Waals surface area (Å²) >= 11 is 0. The van der Waals surface area contributed by atoms with Gasteiger partial charge in [-0.1, -0.05) is 0 Å². The van der Waals surface area contributed by atoms with Crippen molar-refractivity contribution < 1.29 is 27.4 Å². The summed E-state index contributed by atoms with van der Waals surface area (Å²) in [4.78, 5) is 12.8. The predicted molar refractivity (Wildman–Crippen MR) is 70.3 cm³/mol. The van der Waals surface area contributed by atoms with Crippen LogP contribution in [0.2, 0.25) is 0 Å². The largest absolute Gasteiger partial charge is 0.497 e. The minimum Gasteiger partial charge on any atom is -0.497 e. The van der Waals surface area contributed by atoms with E-state index < -0.39 is 30.3 Å². The van der Waals surface area contributed by atoms with Crippen LogP contribution in [0.5, 0.6) is 5.75 Å². The highest BCUT2D eigenvalue weighted by Gasteiger charge is 2.67. The van der Waals surface area contributed by atoms with Gasteiger partial charge in [-0.25, -0.2) is 4.79 Å². The van der Waals surface area contributed by atoms with Gasteiger partial charge in [0, 0.05) is 5.69 Å². The Morgan fingerprint density at radius 3 is 2.24 bits per heavy atom.